The molecule has 8 nitrogen and oxygen atoms in total. The zero-order valence-electron chi connectivity index (χ0n) is 20.1. The van der Waals surface area contributed by atoms with E-state index in [0.29, 0.717) is 22.0 Å². The number of rotatable bonds is 6. The highest BCUT2D eigenvalue weighted by Gasteiger charge is 2.20. The Morgan fingerprint density at radius 3 is 2.81 bits per heavy atom. The van der Waals surface area contributed by atoms with Gasteiger partial charge >= 0.3 is 0 Å². The number of halogens is 1. The van der Waals surface area contributed by atoms with E-state index in [-0.39, 0.29) is 17.9 Å². The van der Waals surface area contributed by atoms with Gasteiger partial charge in [0.25, 0.3) is 5.56 Å². The Balaban J connectivity index is 1.54. The predicted octanol–water partition coefficient (Wildman–Crippen LogP) is 5.22. The van der Waals surface area contributed by atoms with Gasteiger partial charge in [-0.25, -0.2) is 4.98 Å². The van der Waals surface area contributed by atoms with Crippen molar-refractivity contribution in [2.75, 3.05) is 5.73 Å². The van der Waals surface area contributed by atoms with Crippen LogP contribution in [0.3, 0.4) is 0 Å². The molecule has 3 N–H and O–H groups in total. The summed E-state index contributed by atoms with van der Waals surface area (Å²) >= 11 is 6.59. The number of benzene rings is 1. The zero-order chi connectivity index (χ0) is 25.4. The van der Waals surface area contributed by atoms with E-state index in [1.807, 2.05) is 51.2 Å². The third-order valence-electron chi connectivity index (χ3n) is 6.24. The number of H-pyrrole nitrogens is 1. The van der Waals surface area contributed by atoms with Crippen LogP contribution >= 0.6 is 11.6 Å². The maximum atomic E-state index is 12.6. The number of fused-ring (bicyclic) bond motifs is 1. The van der Waals surface area contributed by atoms with E-state index in [1.165, 1.54) is 0 Å². The number of nitrogens with two attached hydrogens (primary N) is 1. The molecule has 1 unspecified atom stereocenters. The van der Waals surface area contributed by atoms with Crippen molar-refractivity contribution in [3.8, 4) is 17.0 Å². The number of hydrogen-bond acceptors (Lipinski definition) is 6. The number of aromatic amines is 1. The molecule has 182 valence electrons. The molecule has 0 aliphatic rings. The third-order valence-corrected chi connectivity index (χ3v) is 6.59. The van der Waals surface area contributed by atoms with Gasteiger partial charge in [0.2, 0.25) is 0 Å². The van der Waals surface area contributed by atoms with Crippen molar-refractivity contribution in [3.05, 3.63) is 98.9 Å². The Kier molecular flexibility index (Phi) is 6.20. The quantitative estimate of drug-likeness (QED) is 0.330. The Morgan fingerprint density at radius 2 is 2.03 bits per heavy atom. The van der Waals surface area contributed by atoms with E-state index in [2.05, 4.69) is 15.2 Å². The molecule has 5 aromatic rings. The Bertz CT molecular complexity index is 1640. The Morgan fingerprint density at radius 1 is 1.19 bits per heavy atom. The number of nitrogens with zero attached hydrogens (tertiary/aromatic N) is 4. The largest absolute Gasteiger partial charge is 0.486 e. The minimum absolute atomic E-state index is 0.148. The fourth-order valence-electron chi connectivity index (χ4n) is 4.39. The van der Waals surface area contributed by atoms with Crippen molar-refractivity contribution in [2.24, 2.45) is 0 Å². The molecule has 0 aliphatic heterocycles. The summed E-state index contributed by atoms with van der Waals surface area (Å²) in [4.78, 5) is 21.9. The molecule has 5 rings (SSSR count). The second-order valence-electron chi connectivity index (χ2n) is 8.68. The molecule has 0 spiro atoms. The molecule has 0 fully saturated rings. The van der Waals surface area contributed by atoms with Crippen molar-refractivity contribution in [3.63, 3.8) is 0 Å². The van der Waals surface area contributed by atoms with Crippen molar-refractivity contribution in [2.45, 2.75) is 33.4 Å². The van der Waals surface area contributed by atoms with Crippen LogP contribution in [0.5, 0.6) is 5.75 Å². The minimum Gasteiger partial charge on any atom is -0.486 e. The molecule has 1 aromatic carbocycles. The van der Waals surface area contributed by atoms with Gasteiger partial charge < -0.3 is 15.0 Å². The molecule has 0 aliphatic carbocycles. The van der Waals surface area contributed by atoms with Crippen molar-refractivity contribution in [1.82, 2.24) is 24.7 Å². The van der Waals surface area contributed by atoms with Crippen LogP contribution < -0.4 is 16.0 Å². The maximum absolute atomic E-state index is 12.6. The summed E-state index contributed by atoms with van der Waals surface area (Å²) in [5, 5.41) is 8.80. The Hall–Kier alpha value is -4.17. The average molecular weight is 501 g/mol. The lowest BCUT2D eigenvalue weighted by atomic mass is 10.0. The summed E-state index contributed by atoms with van der Waals surface area (Å²) in [5.41, 5.74) is 11.5. The summed E-state index contributed by atoms with van der Waals surface area (Å²) in [6.45, 7) is 5.99. The number of aromatic nitrogens is 5. The van der Waals surface area contributed by atoms with Crippen molar-refractivity contribution >= 4 is 28.2 Å². The van der Waals surface area contributed by atoms with E-state index in [0.717, 1.165) is 33.4 Å². The summed E-state index contributed by atoms with van der Waals surface area (Å²) in [5.74, 6) is 0.616. The van der Waals surface area contributed by atoms with Crippen LogP contribution in [0.1, 0.15) is 35.5 Å². The van der Waals surface area contributed by atoms with E-state index < -0.39 is 6.04 Å². The Labute approximate surface area is 212 Å². The molecule has 0 bridgehead atoms. The molecule has 0 saturated carbocycles. The maximum Gasteiger partial charge on any atom is 0.274 e. The molecular weight excluding hydrogens is 476 g/mol. The van der Waals surface area contributed by atoms with E-state index in [9.17, 15) is 4.79 Å². The van der Waals surface area contributed by atoms with Crippen LogP contribution in [0.4, 0.5) is 5.69 Å². The highest BCUT2D eigenvalue weighted by atomic mass is 35.5. The van der Waals surface area contributed by atoms with E-state index in [4.69, 9.17) is 27.1 Å². The zero-order valence-corrected chi connectivity index (χ0v) is 20.9. The van der Waals surface area contributed by atoms with Gasteiger partial charge in [-0.3, -0.25) is 14.9 Å². The standard InChI is InChI=1S/C27H25ClN6O2/c1-15-13-31-33-24(15)19-12-16(2)32-26-18(19)6-4-8-23(26)36-14-20-21(28)9-10-30-25(20)17(3)34-11-5-7-22(29)27(34)35/h4-13,17H,14,29H2,1-3H3,(H,31,33). The number of para-hydroxylation sites is 1. The summed E-state index contributed by atoms with van der Waals surface area (Å²) in [7, 11) is 0. The second kappa shape index (κ2) is 9.47. The molecular formula is C27H25ClN6O2. The number of hydrogen-bond donors (Lipinski definition) is 2. The predicted molar refractivity (Wildman–Crippen MR) is 141 cm³/mol. The van der Waals surface area contributed by atoms with Crippen LogP contribution in [0, 0.1) is 13.8 Å². The first-order valence-electron chi connectivity index (χ1n) is 11.5. The topological polar surface area (TPSA) is 112 Å². The molecule has 0 amide bonds. The van der Waals surface area contributed by atoms with Crippen LogP contribution in [0.15, 0.2) is 65.8 Å². The first-order valence-corrected chi connectivity index (χ1v) is 11.9. The summed E-state index contributed by atoms with van der Waals surface area (Å²) in [6, 6.07) is 12.5. The van der Waals surface area contributed by atoms with Crippen molar-refractivity contribution in [1.29, 1.82) is 0 Å². The third kappa shape index (κ3) is 4.20. The van der Waals surface area contributed by atoms with Gasteiger partial charge in [0.1, 0.15) is 17.9 Å². The number of anilines is 1. The normalized spacial score (nSPS) is 12.1. The van der Waals surface area contributed by atoms with Crippen LogP contribution in [0.2, 0.25) is 5.02 Å². The first kappa shape index (κ1) is 23.6. The van der Waals surface area contributed by atoms with E-state index >= 15 is 0 Å². The summed E-state index contributed by atoms with van der Waals surface area (Å²) in [6.07, 6.45) is 5.18. The molecule has 1 atom stereocenters. The highest BCUT2D eigenvalue weighted by Crippen LogP contribution is 2.34. The van der Waals surface area contributed by atoms with Crippen LogP contribution in [-0.2, 0) is 6.61 Å². The lowest BCUT2D eigenvalue weighted by Crippen LogP contribution is -2.26. The highest BCUT2D eigenvalue weighted by molar-refractivity contribution is 6.31. The SMILES string of the molecule is Cc1cc(-c2n[nH]cc2C)c2cccc(OCc3c(Cl)ccnc3C(C)n3cccc(N)c3=O)c2n1. The number of nitrogen functional groups attached to an aromatic ring is 1. The fraction of sp³-hybridized carbons (Fsp3) is 0.185. The lowest BCUT2D eigenvalue weighted by molar-refractivity contribution is 0.306. The van der Waals surface area contributed by atoms with Gasteiger partial charge in [-0.1, -0.05) is 23.7 Å². The monoisotopic (exact) mass is 500 g/mol. The van der Waals surface area contributed by atoms with Crippen LogP contribution in [-0.4, -0.2) is 24.7 Å². The smallest absolute Gasteiger partial charge is 0.274 e. The number of nitrogens with one attached hydrogen (secondary N) is 1. The average Bonchev–Trinajstić information content (AvgIpc) is 3.29. The van der Waals surface area contributed by atoms with Crippen molar-refractivity contribution < 1.29 is 4.74 Å². The summed E-state index contributed by atoms with van der Waals surface area (Å²) < 4.78 is 7.84. The van der Waals surface area contributed by atoms with Gasteiger partial charge in [0.15, 0.2) is 0 Å². The lowest BCUT2D eigenvalue weighted by Gasteiger charge is -2.20. The van der Waals surface area contributed by atoms with Gasteiger partial charge in [0.05, 0.1) is 28.1 Å². The molecule has 4 heterocycles. The van der Waals surface area contributed by atoms with Gasteiger partial charge in [-0.15, -0.1) is 0 Å². The van der Waals surface area contributed by atoms with Gasteiger partial charge in [-0.05, 0) is 56.7 Å². The van der Waals surface area contributed by atoms with Crippen LogP contribution in [0.25, 0.3) is 22.2 Å². The van der Waals surface area contributed by atoms with Gasteiger partial charge in [-0.2, -0.15) is 5.10 Å². The minimum atomic E-state index is -0.402. The molecule has 4 aromatic heterocycles. The number of ether oxygens (including phenoxy) is 1. The molecule has 0 radical (unpaired) electrons. The van der Waals surface area contributed by atoms with E-state index in [1.54, 1.807) is 35.2 Å². The molecule has 0 saturated heterocycles. The molecule has 9 heteroatoms. The second-order valence-corrected chi connectivity index (χ2v) is 9.08. The first-order chi connectivity index (χ1) is 17.3. The van der Waals surface area contributed by atoms with Gasteiger partial charge in [0, 0.05) is 40.8 Å². The fourth-order valence-corrected chi connectivity index (χ4v) is 4.59. The number of pyridine rings is 3. The number of aryl methyl sites for hydroxylation is 2. The molecule has 36 heavy (non-hydrogen) atoms.